The average Bonchev–Trinajstić information content (AvgIpc) is 2.97. The Balaban J connectivity index is 1.78. The number of ether oxygens (including phenoxy) is 2. The summed E-state index contributed by atoms with van der Waals surface area (Å²) in [4.78, 5) is 17.1. The molecule has 5 heteroatoms. The van der Waals surface area contributed by atoms with Crippen LogP contribution in [0.25, 0.3) is 0 Å². The number of aromatic nitrogens is 1. The minimum absolute atomic E-state index is 0.130. The Hall–Kier alpha value is -2.43. The second kappa shape index (κ2) is 6.82. The molecule has 0 saturated carbocycles. The Morgan fingerprint density at radius 3 is 2.96 bits per heavy atom. The highest BCUT2D eigenvalue weighted by molar-refractivity contribution is 6.03. The third-order valence-corrected chi connectivity index (χ3v) is 4.52. The number of pyridine rings is 1. The van der Waals surface area contributed by atoms with Gasteiger partial charge in [0, 0.05) is 29.9 Å². The first-order chi connectivity index (χ1) is 11.9. The van der Waals surface area contributed by atoms with Gasteiger partial charge in [0.05, 0.1) is 0 Å². The molecule has 2 heterocycles. The van der Waals surface area contributed by atoms with Crippen LogP contribution >= 0.6 is 0 Å². The van der Waals surface area contributed by atoms with E-state index in [1.165, 1.54) is 0 Å². The summed E-state index contributed by atoms with van der Waals surface area (Å²) in [6.45, 7) is 5.24. The molecule has 1 aliphatic rings. The lowest BCUT2D eigenvalue weighted by atomic mass is 9.90. The van der Waals surface area contributed by atoms with Gasteiger partial charge in [0.2, 0.25) is 5.78 Å². The van der Waals surface area contributed by atoms with Gasteiger partial charge in [-0.2, -0.15) is 0 Å². The Morgan fingerprint density at radius 1 is 1.44 bits per heavy atom. The van der Waals surface area contributed by atoms with Crippen LogP contribution in [0.4, 0.5) is 4.39 Å². The molecule has 3 rings (SSSR count). The van der Waals surface area contributed by atoms with E-state index in [1.807, 2.05) is 0 Å². The van der Waals surface area contributed by atoms with E-state index in [1.54, 1.807) is 63.5 Å². The lowest BCUT2D eigenvalue weighted by Crippen LogP contribution is -2.40. The fourth-order valence-electron chi connectivity index (χ4n) is 3.05. The number of Topliss-reactive ketones (excluding diaryl/α,β-unsaturated/α-hetero) is 1. The number of fused-ring (bicyclic) bond motifs is 1. The van der Waals surface area contributed by atoms with E-state index in [2.05, 4.69) is 4.98 Å². The molecule has 0 N–H and O–H groups in total. The van der Waals surface area contributed by atoms with Gasteiger partial charge < -0.3 is 9.47 Å². The minimum atomic E-state index is -1.04. The third kappa shape index (κ3) is 3.50. The number of hydrogen-bond donors (Lipinski definition) is 0. The van der Waals surface area contributed by atoms with E-state index in [9.17, 15) is 9.18 Å². The van der Waals surface area contributed by atoms with E-state index >= 15 is 0 Å². The number of benzene rings is 1. The molecule has 1 aromatic heterocycles. The molecule has 3 atom stereocenters. The Bertz CT molecular complexity index is 752. The van der Waals surface area contributed by atoms with Gasteiger partial charge in [-0.15, -0.1) is 0 Å². The highest BCUT2D eigenvalue weighted by Gasteiger charge is 2.42. The predicted molar refractivity (Wildman–Crippen MR) is 93.0 cm³/mol. The number of rotatable bonds is 6. The van der Waals surface area contributed by atoms with E-state index in [-0.39, 0.29) is 5.78 Å². The summed E-state index contributed by atoms with van der Waals surface area (Å²) in [5.74, 6) is 1.04. The van der Waals surface area contributed by atoms with Gasteiger partial charge in [-0.3, -0.25) is 9.78 Å². The summed E-state index contributed by atoms with van der Waals surface area (Å²) in [6.07, 6.45) is 2.62. The second-order valence-corrected chi connectivity index (χ2v) is 6.60. The van der Waals surface area contributed by atoms with E-state index in [0.717, 1.165) is 5.56 Å². The SMILES string of the molecule is CCC(F)C(C)Oc1cccc(C(=O)C2(C)Cc3cnccc3O2)c1. The molecule has 0 aliphatic carbocycles. The van der Waals surface area contributed by atoms with Gasteiger partial charge in [-0.05, 0) is 38.5 Å². The van der Waals surface area contributed by atoms with Crippen LogP contribution in [-0.4, -0.2) is 28.6 Å². The van der Waals surface area contributed by atoms with Gasteiger partial charge in [0.25, 0.3) is 0 Å². The monoisotopic (exact) mass is 343 g/mol. The van der Waals surface area contributed by atoms with E-state index in [4.69, 9.17) is 9.47 Å². The van der Waals surface area contributed by atoms with Crippen molar-refractivity contribution in [1.29, 1.82) is 0 Å². The quantitative estimate of drug-likeness (QED) is 0.739. The molecule has 0 bridgehead atoms. The number of alkyl halides is 1. The zero-order valence-electron chi connectivity index (χ0n) is 14.7. The van der Waals surface area contributed by atoms with Gasteiger partial charge in [0.1, 0.15) is 23.8 Å². The van der Waals surface area contributed by atoms with Gasteiger partial charge in [0.15, 0.2) is 5.60 Å². The molecule has 132 valence electrons. The van der Waals surface area contributed by atoms with Gasteiger partial charge in [-0.1, -0.05) is 19.1 Å². The van der Waals surface area contributed by atoms with Crippen molar-refractivity contribution in [2.45, 2.75) is 51.5 Å². The Kier molecular flexibility index (Phi) is 4.75. The van der Waals surface area contributed by atoms with Crippen molar-refractivity contribution in [3.63, 3.8) is 0 Å². The number of carbonyl (C=O) groups excluding carboxylic acids is 1. The van der Waals surface area contributed by atoms with Crippen LogP contribution in [0.3, 0.4) is 0 Å². The third-order valence-electron chi connectivity index (χ3n) is 4.52. The number of nitrogens with zero attached hydrogens (tertiary/aromatic N) is 1. The smallest absolute Gasteiger partial charge is 0.206 e. The summed E-state index contributed by atoms with van der Waals surface area (Å²) < 4.78 is 25.2. The molecule has 4 nitrogen and oxygen atoms in total. The first-order valence-electron chi connectivity index (χ1n) is 8.50. The van der Waals surface area contributed by atoms with Crippen molar-refractivity contribution in [1.82, 2.24) is 4.98 Å². The second-order valence-electron chi connectivity index (χ2n) is 6.60. The van der Waals surface area contributed by atoms with Crippen molar-refractivity contribution in [3.05, 3.63) is 53.9 Å². The number of halogens is 1. The summed E-state index contributed by atoms with van der Waals surface area (Å²) in [5, 5.41) is 0. The first kappa shape index (κ1) is 17.4. The summed E-state index contributed by atoms with van der Waals surface area (Å²) in [7, 11) is 0. The molecule has 0 spiro atoms. The average molecular weight is 343 g/mol. The van der Waals surface area contributed by atoms with Crippen molar-refractivity contribution in [2.75, 3.05) is 0 Å². The van der Waals surface area contributed by atoms with E-state index < -0.39 is 17.9 Å². The molecule has 1 aliphatic heterocycles. The molecule has 2 aromatic rings. The molecule has 0 amide bonds. The molecule has 25 heavy (non-hydrogen) atoms. The lowest BCUT2D eigenvalue weighted by molar-refractivity contribution is 0.0597. The van der Waals surface area contributed by atoms with Gasteiger partial charge in [-0.25, -0.2) is 4.39 Å². The number of ketones is 1. The largest absolute Gasteiger partial charge is 0.488 e. The van der Waals surface area contributed by atoms with Crippen molar-refractivity contribution >= 4 is 5.78 Å². The van der Waals surface area contributed by atoms with Crippen LogP contribution in [-0.2, 0) is 6.42 Å². The molecular formula is C20H22FNO3. The number of carbonyl (C=O) groups is 1. The molecular weight excluding hydrogens is 321 g/mol. The maximum absolute atomic E-state index is 13.7. The van der Waals surface area contributed by atoms with Crippen LogP contribution < -0.4 is 9.47 Å². The molecule has 3 unspecified atom stereocenters. The normalized spacial score (nSPS) is 21.1. The summed E-state index contributed by atoms with van der Waals surface area (Å²) in [6, 6.07) is 8.61. The van der Waals surface area contributed by atoms with Crippen molar-refractivity contribution in [3.8, 4) is 11.5 Å². The standard InChI is InChI=1S/C20H22FNO3/c1-4-17(21)13(2)24-16-7-5-6-14(10-16)19(23)20(3)11-15-12-22-9-8-18(15)25-20/h5-10,12-13,17H,4,11H2,1-3H3. The fraction of sp³-hybridized carbons (Fsp3) is 0.400. The zero-order chi connectivity index (χ0) is 18.0. The lowest BCUT2D eigenvalue weighted by Gasteiger charge is -2.23. The van der Waals surface area contributed by atoms with Crippen molar-refractivity contribution in [2.24, 2.45) is 0 Å². The first-order valence-corrected chi connectivity index (χ1v) is 8.50. The summed E-state index contributed by atoms with van der Waals surface area (Å²) in [5.41, 5.74) is 0.434. The molecule has 1 aromatic carbocycles. The van der Waals surface area contributed by atoms with Crippen LogP contribution in [0.5, 0.6) is 11.5 Å². The maximum Gasteiger partial charge on any atom is 0.206 e. The number of hydrogen-bond acceptors (Lipinski definition) is 4. The van der Waals surface area contributed by atoms with Crippen LogP contribution in [0, 0.1) is 0 Å². The van der Waals surface area contributed by atoms with Crippen LogP contribution in [0.1, 0.15) is 43.1 Å². The van der Waals surface area contributed by atoms with Crippen LogP contribution in [0.15, 0.2) is 42.7 Å². The molecule has 0 radical (unpaired) electrons. The zero-order valence-corrected chi connectivity index (χ0v) is 14.7. The van der Waals surface area contributed by atoms with E-state index in [0.29, 0.717) is 29.9 Å². The predicted octanol–water partition coefficient (Wildman–Crippen LogP) is 4.17. The van der Waals surface area contributed by atoms with Crippen LogP contribution in [0.2, 0.25) is 0 Å². The highest BCUT2D eigenvalue weighted by Crippen LogP contribution is 2.36. The Labute approximate surface area is 147 Å². The fourth-order valence-corrected chi connectivity index (χ4v) is 3.05. The topological polar surface area (TPSA) is 48.4 Å². The summed E-state index contributed by atoms with van der Waals surface area (Å²) >= 11 is 0. The van der Waals surface area contributed by atoms with Crippen molar-refractivity contribution < 1.29 is 18.7 Å². The molecule has 0 saturated heterocycles. The Morgan fingerprint density at radius 2 is 2.24 bits per heavy atom. The maximum atomic E-state index is 13.7. The highest BCUT2D eigenvalue weighted by atomic mass is 19.1. The minimum Gasteiger partial charge on any atom is -0.488 e. The molecule has 0 fully saturated rings. The van der Waals surface area contributed by atoms with Gasteiger partial charge >= 0.3 is 0 Å².